The van der Waals surface area contributed by atoms with E-state index in [-0.39, 0.29) is 0 Å². The summed E-state index contributed by atoms with van der Waals surface area (Å²) in [4.78, 5) is 0. The Kier molecular flexibility index (Phi) is 20.2. The zero-order valence-corrected chi connectivity index (χ0v) is 23.3. The van der Waals surface area contributed by atoms with Crippen molar-refractivity contribution in [1.82, 2.24) is 0 Å². The van der Waals surface area contributed by atoms with Crippen molar-refractivity contribution in [2.75, 3.05) is 0 Å². The Balaban J connectivity index is 1.77. The second-order valence-electron chi connectivity index (χ2n) is 12.1. The zero-order chi connectivity index (χ0) is 23.3. The minimum Gasteiger partial charge on any atom is -0.0654 e. The molecule has 0 saturated heterocycles. The molecule has 0 bridgehead atoms. The van der Waals surface area contributed by atoms with Gasteiger partial charge in [0, 0.05) is 0 Å². The van der Waals surface area contributed by atoms with Crippen molar-refractivity contribution in [2.45, 2.75) is 182 Å². The molecule has 0 aromatic carbocycles. The van der Waals surface area contributed by atoms with Crippen LogP contribution in [0.25, 0.3) is 0 Å². The van der Waals surface area contributed by atoms with Crippen LogP contribution in [0.3, 0.4) is 0 Å². The maximum Gasteiger partial charge on any atom is -0.0362 e. The molecule has 0 heterocycles. The fraction of sp³-hybridized carbons (Fsp3) is 1.00. The predicted octanol–water partition coefficient (Wildman–Crippen LogP) is 11.9. The van der Waals surface area contributed by atoms with Gasteiger partial charge in [0.15, 0.2) is 0 Å². The topological polar surface area (TPSA) is 0 Å². The summed E-state index contributed by atoms with van der Waals surface area (Å²) in [6, 6.07) is 0. The van der Waals surface area contributed by atoms with E-state index in [1.807, 2.05) is 0 Å². The summed E-state index contributed by atoms with van der Waals surface area (Å²) in [5, 5.41) is 0. The van der Waals surface area contributed by atoms with Crippen molar-refractivity contribution < 1.29 is 0 Å². The number of unbranched alkanes of at least 4 members (excludes halogenated alkanes) is 19. The van der Waals surface area contributed by atoms with Gasteiger partial charge in [0.2, 0.25) is 0 Å². The summed E-state index contributed by atoms with van der Waals surface area (Å²) < 4.78 is 0. The average molecular weight is 449 g/mol. The summed E-state index contributed by atoms with van der Waals surface area (Å²) in [6.07, 6.45) is 35.7. The molecule has 0 heteroatoms. The van der Waals surface area contributed by atoms with E-state index in [9.17, 15) is 0 Å². The average Bonchev–Trinajstić information content (AvgIpc) is 2.77. The Morgan fingerprint density at radius 1 is 0.531 bits per heavy atom. The van der Waals surface area contributed by atoms with Gasteiger partial charge in [-0.3, -0.25) is 0 Å². The predicted molar refractivity (Wildman–Crippen MR) is 147 cm³/mol. The third-order valence-corrected chi connectivity index (χ3v) is 8.59. The molecular formula is C32H64. The zero-order valence-electron chi connectivity index (χ0n) is 23.3. The van der Waals surface area contributed by atoms with Gasteiger partial charge in [-0.25, -0.2) is 0 Å². The molecule has 32 heavy (non-hydrogen) atoms. The molecule has 3 atom stereocenters. The molecule has 3 unspecified atom stereocenters. The molecule has 192 valence electrons. The third-order valence-electron chi connectivity index (χ3n) is 8.59. The minimum absolute atomic E-state index is 0.901. The molecule has 0 aliphatic heterocycles. The van der Waals surface area contributed by atoms with E-state index in [2.05, 4.69) is 27.7 Å². The Bertz CT molecular complexity index is 370. The number of rotatable bonds is 22. The summed E-state index contributed by atoms with van der Waals surface area (Å²) in [5.74, 6) is 3.94. The van der Waals surface area contributed by atoms with Crippen molar-refractivity contribution in [2.24, 2.45) is 23.7 Å². The second-order valence-corrected chi connectivity index (χ2v) is 12.1. The first kappa shape index (κ1) is 30.0. The standard InChI is InChI=1S/C32H64/c1-5-6-7-8-9-10-11-12-13-14-15-16-17-18-19-20-21-22-23-24-25-31-28-30(4)26-27-32(31)29(2)3/h29-32H,5-28H2,1-4H3. The first-order valence-electron chi connectivity index (χ1n) is 15.6. The largest absolute Gasteiger partial charge is 0.0654 e. The van der Waals surface area contributed by atoms with E-state index in [1.54, 1.807) is 0 Å². The Labute approximate surface area is 205 Å². The summed E-state index contributed by atoms with van der Waals surface area (Å²) in [5.41, 5.74) is 0. The molecule has 0 aromatic rings. The van der Waals surface area contributed by atoms with Crippen LogP contribution >= 0.6 is 0 Å². The van der Waals surface area contributed by atoms with Gasteiger partial charge < -0.3 is 0 Å². The first-order chi connectivity index (χ1) is 15.6. The summed E-state index contributed by atoms with van der Waals surface area (Å²) >= 11 is 0. The second kappa shape index (κ2) is 21.5. The van der Waals surface area contributed by atoms with Gasteiger partial charge in [-0.2, -0.15) is 0 Å². The molecule has 0 nitrogen and oxygen atoms in total. The van der Waals surface area contributed by atoms with Gasteiger partial charge in [-0.05, 0) is 36.5 Å². The van der Waals surface area contributed by atoms with Crippen LogP contribution in [0.2, 0.25) is 0 Å². The van der Waals surface area contributed by atoms with Crippen LogP contribution in [0, 0.1) is 23.7 Å². The normalized spacial score (nSPS) is 21.5. The van der Waals surface area contributed by atoms with Crippen LogP contribution in [0.1, 0.15) is 182 Å². The van der Waals surface area contributed by atoms with E-state index < -0.39 is 0 Å². The molecule has 0 aromatic heterocycles. The van der Waals surface area contributed by atoms with E-state index in [1.165, 1.54) is 154 Å². The van der Waals surface area contributed by atoms with Crippen molar-refractivity contribution in [1.29, 1.82) is 0 Å². The first-order valence-corrected chi connectivity index (χ1v) is 15.6. The number of hydrogen-bond acceptors (Lipinski definition) is 0. The fourth-order valence-corrected chi connectivity index (χ4v) is 6.39. The van der Waals surface area contributed by atoms with Crippen molar-refractivity contribution in [3.05, 3.63) is 0 Å². The van der Waals surface area contributed by atoms with Crippen LogP contribution in [-0.2, 0) is 0 Å². The van der Waals surface area contributed by atoms with Crippen LogP contribution in [0.5, 0.6) is 0 Å². The summed E-state index contributed by atoms with van der Waals surface area (Å²) in [6.45, 7) is 9.72. The van der Waals surface area contributed by atoms with E-state index in [4.69, 9.17) is 0 Å². The Morgan fingerprint density at radius 3 is 1.28 bits per heavy atom. The molecule has 1 rings (SSSR count). The maximum atomic E-state index is 2.49. The number of hydrogen-bond donors (Lipinski definition) is 0. The molecule has 1 saturated carbocycles. The maximum absolute atomic E-state index is 2.49. The van der Waals surface area contributed by atoms with Gasteiger partial charge in [0.05, 0.1) is 0 Å². The lowest BCUT2D eigenvalue weighted by Gasteiger charge is -2.37. The van der Waals surface area contributed by atoms with Crippen LogP contribution < -0.4 is 0 Å². The lowest BCUT2D eigenvalue weighted by Crippen LogP contribution is -2.27. The third kappa shape index (κ3) is 16.6. The lowest BCUT2D eigenvalue weighted by atomic mass is 9.68. The van der Waals surface area contributed by atoms with Gasteiger partial charge >= 0.3 is 0 Å². The van der Waals surface area contributed by atoms with Gasteiger partial charge in [-0.15, -0.1) is 0 Å². The van der Waals surface area contributed by atoms with E-state index in [0.717, 1.165) is 23.7 Å². The smallest absolute Gasteiger partial charge is 0.0362 e. The van der Waals surface area contributed by atoms with E-state index in [0.29, 0.717) is 0 Å². The highest BCUT2D eigenvalue weighted by Gasteiger charge is 2.29. The van der Waals surface area contributed by atoms with Crippen LogP contribution in [-0.4, -0.2) is 0 Å². The van der Waals surface area contributed by atoms with Crippen molar-refractivity contribution >= 4 is 0 Å². The summed E-state index contributed by atoms with van der Waals surface area (Å²) in [7, 11) is 0. The Morgan fingerprint density at radius 2 is 0.906 bits per heavy atom. The van der Waals surface area contributed by atoms with Crippen molar-refractivity contribution in [3.63, 3.8) is 0 Å². The molecule has 0 radical (unpaired) electrons. The quantitative estimate of drug-likeness (QED) is 0.144. The highest BCUT2D eigenvalue weighted by molar-refractivity contribution is 4.80. The minimum atomic E-state index is 0.901. The molecule has 0 N–H and O–H groups in total. The molecule has 1 aliphatic carbocycles. The molecule has 0 spiro atoms. The van der Waals surface area contributed by atoms with Gasteiger partial charge in [-0.1, -0.05) is 169 Å². The Hall–Kier alpha value is 0. The van der Waals surface area contributed by atoms with Crippen molar-refractivity contribution in [3.8, 4) is 0 Å². The van der Waals surface area contributed by atoms with Crippen LogP contribution in [0.4, 0.5) is 0 Å². The van der Waals surface area contributed by atoms with E-state index >= 15 is 0 Å². The van der Waals surface area contributed by atoms with Gasteiger partial charge in [0.25, 0.3) is 0 Å². The SMILES string of the molecule is CCCCCCCCCCCCCCCCCCCCCCC1CC(C)CCC1C(C)C. The fourth-order valence-electron chi connectivity index (χ4n) is 6.39. The highest BCUT2D eigenvalue weighted by Crippen LogP contribution is 2.40. The van der Waals surface area contributed by atoms with Crippen LogP contribution in [0.15, 0.2) is 0 Å². The molecule has 1 aliphatic rings. The molecule has 1 fully saturated rings. The highest BCUT2D eigenvalue weighted by atomic mass is 14.3. The molecule has 0 amide bonds. The molecular weight excluding hydrogens is 384 g/mol. The van der Waals surface area contributed by atoms with Gasteiger partial charge in [0.1, 0.15) is 0 Å². The lowest BCUT2D eigenvalue weighted by molar-refractivity contribution is 0.133. The monoisotopic (exact) mass is 449 g/mol.